The van der Waals surface area contributed by atoms with Gasteiger partial charge in [-0.25, -0.2) is 0 Å². The third-order valence-electron chi connectivity index (χ3n) is 6.83. The van der Waals surface area contributed by atoms with E-state index < -0.39 is 0 Å². The van der Waals surface area contributed by atoms with Gasteiger partial charge in [0.25, 0.3) is 0 Å². The smallest absolute Gasteiger partial charge is 0.161 e. The summed E-state index contributed by atoms with van der Waals surface area (Å²) < 4.78 is 22.5. The average Bonchev–Trinajstić information content (AvgIpc) is 2.88. The molecule has 0 saturated heterocycles. The Balaban J connectivity index is 0.00000342. The fourth-order valence-corrected chi connectivity index (χ4v) is 5.03. The van der Waals surface area contributed by atoms with Gasteiger partial charge in [0, 0.05) is 42.5 Å². The number of fused-ring (bicyclic) bond motifs is 2. The third kappa shape index (κ3) is 5.08. The lowest BCUT2D eigenvalue weighted by Crippen LogP contribution is -2.29. The Morgan fingerprint density at radius 3 is 1.94 bits per heavy atom. The largest absolute Gasteiger partial charge is 0.493 e. The number of nitrogens with zero attached hydrogens (tertiary/aromatic N) is 2. The molecule has 0 radical (unpaired) electrons. The second kappa shape index (κ2) is 11.7. The van der Waals surface area contributed by atoms with E-state index in [0.29, 0.717) is 0 Å². The number of rotatable bonds is 8. The Kier molecular flexibility index (Phi) is 8.95. The van der Waals surface area contributed by atoms with E-state index in [9.17, 15) is 0 Å². The second-order valence-electron chi connectivity index (χ2n) is 8.81. The topological polar surface area (TPSA) is 52.5 Å². The van der Waals surface area contributed by atoms with Crippen LogP contribution >= 0.6 is 12.4 Å². The van der Waals surface area contributed by atoms with E-state index in [0.717, 1.165) is 79.5 Å². The van der Waals surface area contributed by atoms with Crippen LogP contribution in [-0.2, 0) is 12.8 Å². The molecule has 0 unspecified atom stereocenters. The van der Waals surface area contributed by atoms with Crippen LogP contribution in [0.25, 0.3) is 5.70 Å². The molecule has 35 heavy (non-hydrogen) atoms. The van der Waals surface area contributed by atoms with Crippen molar-refractivity contribution in [2.75, 3.05) is 48.6 Å². The molecule has 0 aromatic heterocycles. The molecule has 0 aliphatic carbocycles. The molecule has 0 bridgehead atoms. The van der Waals surface area contributed by atoms with Crippen LogP contribution in [0.1, 0.15) is 48.4 Å². The lowest BCUT2D eigenvalue weighted by atomic mass is 9.85. The van der Waals surface area contributed by atoms with Crippen LogP contribution in [0.2, 0.25) is 0 Å². The number of hydrogen-bond acceptors (Lipinski definition) is 6. The summed E-state index contributed by atoms with van der Waals surface area (Å²) in [6.45, 7) is 3.95. The number of allylic oxidation sites excluding steroid dienone is 1. The zero-order valence-corrected chi connectivity index (χ0v) is 22.5. The average molecular weight is 501 g/mol. The van der Waals surface area contributed by atoms with Crippen molar-refractivity contribution in [1.29, 1.82) is 0 Å². The molecule has 2 aliphatic rings. The fraction of sp³-hybridized carbons (Fsp3) is 0.464. The molecule has 2 aromatic rings. The maximum Gasteiger partial charge on any atom is 0.161 e. The Hall–Kier alpha value is -2.86. The van der Waals surface area contributed by atoms with E-state index in [-0.39, 0.29) is 12.4 Å². The molecule has 190 valence electrons. The lowest BCUT2D eigenvalue weighted by molar-refractivity contribution is 0.353. The maximum atomic E-state index is 5.68. The van der Waals surface area contributed by atoms with E-state index in [4.69, 9.17) is 23.9 Å². The van der Waals surface area contributed by atoms with Crippen molar-refractivity contribution < 1.29 is 18.9 Å². The Bertz CT molecular complexity index is 1130. The first-order valence-electron chi connectivity index (χ1n) is 12.1. The quantitative estimate of drug-likeness (QED) is 0.473. The maximum absolute atomic E-state index is 5.68. The molecule has 0 fully saturated rings. The molecular weight excluding hydrogens is 464 g/mol. The number of methoxy groups -OCH3 is 4. The van der Waals surface area contributed by atoms with Crippen molar-refractivity contribution >= 4 is 23.8 Å². The molecule has 4 rings (SSSR count). The van der Waals surface area contributed by atoms with Gasteiger partial charge in [0.05, 0.1) is 34.2 Å². The Morgan fingerprint density at radius 2 is 1.37 bits per heavy atom. The van der Waals surface area contributed by atoms with Gasteiger partial charge in [-0.05, 0) is 61.1 Å². The van der Waals surface area contributed by atoms with Crippen LogP contribution in [0.3, 0.4) is 0 Å². The van der Waals surface area contributed by atoms with Gasteiger partial charge >= 0.3 is 0 Å². The number of hydrogen-bond donors (Lipinski definition) is 0. The van der Waals surface area contributed by atoms with Crippen LogP contribution in [0.15, 0.2) is 34.8 Å². The van der Waals surface area contributed by atoms with E-state index in [1.165, 1.54) is 28.0 Å². The van der Waals surface area contributed by atoms with Crippen LogP contribution in [0.4, 0.5) is 0 Å². The summed E-state index contributed by atoms with van der Waals surface area (Å²) in [5.41, 5.74) is 8.46. The zero-order chi connectivity index (χ0) is 24.2. The highest BCUT2D eigenvalue weighted by Crippen LogP contribution is 2.41. The molecule has 6 nitrogen and oxygen atoms in total. The molecule has 0 atom stereocenters. The number of halogens is 1. The fourth-order valence-electron chi connectivity index (χ4n) is 5.03. The summed E-state index contributed by atoms with van der Waals surface area (Å²) in [5.74, 6) is 3.03. The first kappa shape index (κ1) is 26.7. The van der Waals surface area contributed by atoms with Gasteiger partial charge in [0.1, 0.15) is 0 Å². The van der Waals surface area contributed by atoms with Gasteiger partial charge in [0.15, 0.2) is 23.0 Å². The van der Waals surface area contributed by atoms with Gasteiger partial charge in [-0.3, -0.25) is 4.99 Å². The van der Waals surface area contributed by atoms with Gasteiger partial charge < -0.3 is 23.8 Å². The van der Waals surface area contributed by atoms with Gasteiger partial charge in [-0.2, -0.15) is 0 Å². The minimum absolute atomic E-state index is 0. The van der Waals surface area contributed by atoms with E-state index in [1.54, 1.807) is 28.4 Å². The summed E-state index contributed by atoms with van der Waals surface area (Å²) in [7, 11) is 8.94. The molecule has 2 heterocycles. The summed E-state index contributed by atoms with van der Waals surface area (Å²) in [5, 5.41) is 0. The number of benzene rings is 2. The van der Waals surface area contributed by atoms with Crippen molar-refractivity contribution in [3.05, 3.63) is 52.1 Å². The predicted molar refractivity (Wildman–Crippen MR) is 144 cm³/mol. The number of ether oxygens (including phenoxy) is 4. The standard InChI is InChI=1S/C28H36N2O4.ClH/c1-7-8-9-20(27-21-16-25(33-5)23(31-3)14-18(21)10-12-29-27)28-22-17-26(34-6)24(32-4)15-19(22)11-13-30(28)2;/h14-17H,7-13H2,1-6H3;1H. The molecular formula is C28H37ClN2O4. The minimum atomic E-state index is 0. The summed E-state index contributed by atoms with van der Waals surface area (Å²) in [6, 6.07) is 8.46. The number of likely N-dealkylation sites (N-methyl/N-ethyl adjacent to an activating group) is 1. The monoisotopic (exact) mass is 500 g/mol. The van der Waals surface area contributed by atoms with E-state index in [1.807, 2.05) is 0 Å². The highest BCUT2D eigenvalue weighted by atomic mass is 35.5. The van der Waals surface area contributed by atoms with E-state index >= 15 is 0 Å². The highest BCUT2D eigenvalue weighted by molar-refractivity contribution is 6.18. The minimum Gasteiger partial charge on any atom is -0.493 e. The lowest BCUT2D eigenvalue weighted by Gasteiger charge is -2.34. The van der Waals surface area contributed by atoms with Crippen molar-refractivity contribution in [2.45, 2.75) is 39.0 Å². The predicted octanol–water partition coefficient (Wildman–Crippen LogP) is 5.58. The first-order valence-corrected chi connectivity index (χ1v) is 12.1. The summed E-state index contributed by atoms with van der Waals surface area (Å²) in [4.78, 5) is 7.47. The van der Waals surface area contributed by atoms with Gasteiger partial charge in [-0.1, -0.05) is 13.3 Å². The molecule has 0 spiro atoms. The van der Waals surface area contributed by atoms with E-state index in [2.05, 4.69) is 43.1 Å². The molecule has 0 amide bonds. The SMILES string of the molecule is CCCCC(C1=NCCc2cc(OC)c(OC)cc21)=C1c2cc(OC)c(OC)cc2CCN1C.Cl. The molecule has 0 N–H and O–H groups in total. The van der Waals surface area contributed by atoms with Gasteiger partial charge in [0.2, 0.25) is 0 Å². The molecule has 2 aromatic carbocycles. The Morgan fingerprint density at radius 1 is 0.829 bits per heavy atom. The molecule has 2 aliphatic heterocycles. The second-order valence-corrected chi connectivity index (χ2v) is 8.81. The van der Waals surface area contributed by atoms with Crippen LogP contribution in [0.5, 0.6) is 23.0 Å². The number of unbranched alkanes of at least 4 members (excludes halogenated alkanes) is 1. The van der Waals surface area contributed by atoms with Crippen LogP contribution < -0.4 is 18.9 Å². The van der Waals surface area contributed by atoms with Crippen molar-refractivity contribution in [1.82, 2.24) is 4.90 Å². The first-order chi connectivity index (χ1) is 16.6. The Labute approximate surface area is 215 Å². The molecule has 7 heteroatoms. The van der Waals surface area contributed by atoms with Crippen LogP contribution in [-0.4, -0.2) is 59.2 Å². The summed E-state index contributed by atoms with van der Waals surface area (Å²) in [6.07, 6.45) is 5.02. The van der Waals surface area contributed by atoms with Crippen molar-refractivity contribution in [2.24, 2.45) is 4.99 Å². The van der Waals surface area contributed by atoms with Crippen LogP contribution in [0, 0.1) is 0 Å². The van der Waals surface area contributed by atoms with Crippen molar-refractivity contribution in [3.8, 4) is 23.0 Å². The summed E-state index contributed by atoms with van der Waals surface area (Å²) >= 11 is 0. The molecule has 0 saturated carbocycles. The highest BCUT2D eigenvalue weighted by Gasteiger charge is 2.29. The normalized spacial score (nSPS) is 15.8. The zero-order valence-electron chi connectivity index (χ0n) is 21.7. The van der Waals surface area contributed by atoms with Crippen molar-refractivity contribution in [3.63, 3.8) is 0 Å². The third-order valence-corrected chi connectivity index (χ3v) is 6.83. The number of aliphatic imine (C=N–C) groups is 1. The van der Waals surface area contributed by atoms with Gasteiger partial charge in [-0.15, -0.1) is 12.4 Å².